The second-order valence-electron chi connectivity index (χ2n) is 3.58. The third-order valence-corrected chi connectivity index (χ3v) is 3.16. The molecule has 0 saturated heterocycles. The van der Waals surface area contributed by atoms with Gasteiger partial charge in [-0.2, -0.15) is 10.1 Å². The summed E-state index contributed by atoms with van der Waals surface area (Å²) >= 11 is 1.35. The first-order valence-corrected chi connectivity index (χ1v) is 6.13. The Bertz CT molecular complexity index is 658. The highest BCUT2D eigenvalue weighted by molar-refractivity contribution is 7.99. The molecule has 0 unspecified atom stereocenters. The van der Waals surface area contributed by atoms with Crippen molar-refractivity contribution in [2.75, 3.05) is 11.5 Å². The summed E-state index contributed by atoms with van der Waals surface area (Å²) in [5.74, 6) is 0.660. The molecule has 2 rings (SSSR count). The Morgan fingerprint density at radius 2 is 2.28 bits per heavy atom. The Morgan fingerprint density at radius 1 is 1.50 bits per heavy atom. The molecule has 18 heavy (non-hydrogen) atoms. The van der Waals surface area contributed by atoms with E-state index in [9.17, 15) is 9.59 Å². The molecule has 0 atom stereocenters. The number of aryl methyl sites for hydroxylation is 2. The summed E-state index contributed by atoms with van der Waals surface area (Å²) in [5.41, 5.74) is 4.64. The molecule has 0 spiro atoms. The number of nitrogen functional groups attached to an aromatic ring is 1. The van der Waals surface area contributed by atoms with E-state index >= 15 is 0 Å². The number of thioether (sulfide) groups is 1. The highest BCUT2D eigenvalue weighted by Crippen LogP contribution is 2.11. The van der Waals surface area contributed by atoms with E-state index < -0.39 is 11.1 Å². The van der Waals surface area contributed by atoms with Crippen molar-refractivity contribution in [3.05, 3.63) is 33.1 Å². The summed E-state index contributed by atoms with van der Waals surface area (Å²) in [6.45, 7) is 0.636. The molecule has 0 aliphatic rings. The van der Waals surface area contributed by atoms with Crippen LogP contribution in [0.2, 0.25) is 0 Å². The summed E-state index contributed by atoms with van der Waals surface area (Å²) in [6.07, 6.45) is 3.29. The van der Waals surface area contributed by atoms with E-state index in [1.807, 2.05) is 0 Å². The van der Waals surface area contributed by atoms with Crippen LogP contribution in [0.1, 0.15) is 0 Å². The van der Waals surface area contributed by atoms with Crippen LogP contribution in [0.5, 0.6) is 0 Å². The fourth-order valence-electron chi connectivity index (χ4n) is 1.32. The van der Waals surface area contributed by atoms with Crippen LogP contribution in [0, 0.1) is 0 Å². The maximum absolute atomic E-state index is 11.1. The number of nitrogens with zero attached hydrogens (tertiary/aromatic N) is 4. The van der Waals surface area contributed by atoms with Crippen molar-refractivity contribution in [1.82, 2.24) is 24.5 Å². The number of anilines is 1. The highest BCUT2D eigenvalue weighted by Gasteiger charge is 2.04. The molecule has 9 heteroatoms. The number of hydrogen-bond acceptors (Lipinski definition) is 6. The summed E-state index contributed by atoms with van der Waals surface area (Å²) in [6, 6.07) is 0. The number of nitrogens with one attached hydrogen (secondary N) is 1. The lowest BCUT2D eigenvalue weighted by molar-refractivity contribution is 0.594. The maximum Gasteiger partial charge on any atom is 0.339 e. The summed E-state index contributed by atoms with van der Waals surface area (Å²) in [4.78, 5) is 25.8. The molecule has 0 aliphatic carbocycles. The minimum absolute atomic E-state index is 0.458. The zero-order valence-corrected chi connectivity index (χ0v) is 10.5. The lowest BCUT2D eigenvalue weighted by atomic mass is 10.6. The molecule has 0 fully saturated rings. The van der Waals surface area contributed by atoms with E-state index in [4.69, 9.17) is 5.73 Å². The molecule has 0 amide bonds. The SMILES string of the molecule is Cn1[nH]c(=O)c(=O)nc1SCCn1cc(N)cn1. The van der Waals surface area contributed by atoms with Crippen molar-refractivity contribution in [2.24, 2.45) is 7.05 Å². The second-order valence-corrected chi connectivity index (χ2v) is 4.65. The minimum Gasteiger partial charge on any atom is -0.396 e. The molecular formula is C9H12N6O2S. The number of hydrogen-bond donors (Lipinski definition) is 2. The van der Waals surface area contributed by atoms with Crippen molar-refractivity contribution in [1.29, 1.82) is 0 Å². The van der Waals surface area contributed by atoms with Crippen LogP contribution in [0.25, 0.3) is 0 Å². The smallest absolute Gasteiger partial charge is 0.339 e. The molecular weight excluding hydrogens is 256 g/mol. The van der Waals surface area contributed by atoms with Crippen LogP contribution in [0.15, 0.2) is 27.1 Å². The normalized spacial score (nSPS) is 10.7. The summed E-state index contributed by atoms with van der Waals surface area (Å²) in [5, 5.41) is 6.87. The van der Waals surface area contributed by atoms with Crippen LogP contribution in [-0.2, 0) is 13.6 Å². The van der Waals surface area contributed by atoms with E-state index in [1.54, 1.807) is 24.1 Å². The third-order valence-electron chi connectivity index (χ3n) is 2.15. The number of H-pyrrole nitrogens is 1. The molecule has 2 aromatic heterocycles. The number of aromatic nitrogens is 5. The van der Waals surface area contributed by atoms with Gasteiger partial charge in [-0.15, -0.1) is 0 Å². The Morgan fingerprint density at radius 3 is 2.94 bits per heavy atom. The van der Waals surface area contributed by atoms with Crippen LogP contribution < -0.4 is 16.9 Å². The topological polar surface area (TPSA) is 112 Å². The second kappa shape index (κ2) is 5.08. The Labute approximate surface area is 106 Å². The number of aromatic amines is 1. The molecule has 2 heterocycles. The van der Waals surface area contributed by atoms with Crippen molar-refractivity contribution in [3.63, 3.8) is 0 Å². The molecule has 0 saturated carbocycles. The van der Waals surface area contributed by atoms with E-state index in [-0.39, 0.29) is 0 Å². The molecule has 3 N–H and O–H groups in total. The van der Waals surface area contributed by atoms with E-state index in [2.05, 4.69) is 15.2 Å². The van der Waals surface area contributed by atoms with Gasteiger partial charge in [0.25, 0.3) is 0 Å². The first-order valence-electron chi connectivity index (χ1n) is 5.14. The van der Waals surface area contributed by atoms with Gasteiger partial charge in [0, 0.05) is 19.0 Å². The minimum atomic E-state index is -0.779. The van der Waals surface area contributed by atoms with Gasteiger partial charge >= 0.3 is 11.1 Å². The zero-order chi connectivity index (χ0) is 13.1. The van der Waals surface area contributed by atoms with Gasteiger partial charge in [-0.3, -0.25) is 24.1 Å². The Balaban J connectivity index is 2.00. The first-order chi connectivity index (χ1) is 8.56. The molecule has 0 bridgehead atoms. The first kappa shape index (κ1) is 12.4. The van der Waals surface area contributed by atoms with Gasteiger partial charge in [0.2, 0.25) is 0 Å². The fraction of sp³-hybridized carbons (Fsp3) is 0.333. The van der Waals surface area contributed by atoms with Crippen LogP contribution in [0.3, 0.4) is 0 Å². The van der Waals surface area contributed by atoms with Gasteiger partial charge in [0.05, 0.1) is 18.4 Å². The average Bonchev–Trinajstić information content (AvgIpc) is 2.71. The predicted molar refractivity (Wildman–Crippen MR) is 67.5 cm³/mol. The Kier molecular flexibility index (Phi) is 3.51. The van der Waals surface area contributed by atoms with E-state index in [0.29, 0.717) is 23.1 Å². The van der Waals surface area contributed by atoms with Gasteiger partial charge < -0.3 is 5.73 Å². The monoisotopic (exact) mass is 268 g/mol. The van der Waals surface area contributed by atoms with E-state index in [0.717, 1.165) is 0 Å². The Hall–Kier alpha value is -2.03. The van der Waals surface area contributed by atoms with Crippen molar-refractivity contribution >= 4 is 17.4 Å². The molecule has 0 aliphatic heterocycles. The fourth-order valence-corrected chi connectivity index (χ4v) is 2.17. The van der Waals surface area contributed by atoms with Crippen LogP contribution in [-0.4, -0.2) is 30.3 Å². The van der Waals surface area contributed by atoms with Gasteiger partial charge in [-0.25, -0.2) is 0 Å². The predicted octanol–water partition coefficient (Wildman–Crippen LogP) is -0.960. The largest absolute Gasteiger partial charge is 0.396 e. The highest BCUT2D eigenvalue weighted by atomic mass is 32.2. The van der Waals surface area contributed by atoms with Gasteiger partial charge in [0.1, 0.15) is 0 Å². The standard InChI is InChI=1S/C9H12N6O2S/c1-14-9(12-7(16)8(17)13-14)18-3-2-15-5-6(10)4-11-15/h4-5H,2-3,10H2,1H3,(H,13,17). The van der Waals surface area contributed by atoms with Gasteiger partial charge in [-0.1, -0.05) is 11.8 Å². The van der Waals surface area contributed by atoms with Crippen molar-refractivity contribution in [2.45, 2.75) is 11.7 Å². The summed E-state index contributed by atoms with van der Waals surface area (Å²) < 4.78 is 3.12. The quantitative estimate of drug-likeness (QED) is 0.545. The lowest BCUT2D eigenvalue weighted by Crippen LogP contribution is -2.33. The van der Waals surface area contributed by atoms with Crippen LogP contribution >= 0.6 is 11.8 Å². The van der Waals surface area contributed by atoms with Gasteiger partial charge in [-0.05, 0) is 0 Å². The molecule has 0 radical (unpaired) electrons. The number of nitrogens with two attached hydrogens (primary N) is 1. The van der Waals surface area contributed by atoms with Crippen molar-refractivity contribution < 1.29 is 0 Å². The zero-order valence-electron chi connectivity index (χ0n) is 9.66. The molecule has 0 aromatic carbocycles. The lowest BCUT2D eigenvalue weighted by Gasteiger charge is -2.05. The maximum atomic E-state index is 11.1. The third kappa shape index (κ3) is 2.80. The van der Waals surface area contributed by atoms with Crippen molar-refractivity contribution in [3.8, 4) is 0 Å². The summed E-state index contributed by atoms with van der Waals surface area (Å²) in [7, 11) is 1.63. The number of rotatable bonds is 4. The van der Waals surface area contributed by atoms with Gasteiger partial charge in [0.15, 0.2) is 5.16 Å². The van der Waals surface area contributed by atoms with E-state index in [1.165, 1.54) is 16.4 Å². The molecule has 8 nitrogen and oxygen atoms in total. The molecule has 96 valence electrons. The molecule has 2 aromatic rings. The van der Waals surface area contributed by atoms with Crippen LogP contribution in [0.4, 0.5) is 5.69 Å². The average molecular weight is 268 g/mol.